The van der Waals surface area contributed by atoms with E-state index in [4.69, 9.17) is 0 Å². The highest BCUT2D eigenvalue weighted by Gasteiger charge is 1.95. The van der Waals surface area contributed by atoms with Crippen molar-refractivity contribution in [3.8, 4) is 0 Å². The molecular weight excluding hydrogens is 272 g/mol. The first kappa shape index (κ1) is 13.8. The number of nitrogens with zero attached hydrogens (tertiary/aromatic N) is 4. The Labute approximate surface area is 128 Å². The molecule has 4 heteroatoms. The molecule has 22 heavy (non-hydrogen) atoms. The van der Waals surface area contributed by atoms with E-state index >= 15 is 0 Å². The molecule has 0 saturated heterocycles. The zero-order valence-electron chi connectivity index (χ0n) is 11.9. The maximum atomic E-state index is 4.16. The van der Waals surface area contributed by atoms with Crippen molar-refractivity contribution in [2.75, 3.05) is 0 Å². The zero-order valence-corrected chi connectivity index (χ0v) is 11.9. The van der Waals surface area contributed by atoms with E-state index in [2.05, 4.69) is 38.8 Å². The molecule has 4 nitrogen and oxygen atoms in total. The van der Waals surface area contributed by atoms with Gasteiger partial charge in [0.2, 0.25) is 0 Å². The summed E-state index contributed by atoms with van der Waals surface area (Å²) >= 11 is 0. The van der Waals surface area contributed by atoms with Gasteiger partial charge in [0.1, 0.15) is 0 Å². The van der Waals surface area contributed by atoms with E-state index in [1.165, 1.54) is 0 Å². The van der Waals surface area contributed by atoms with Gasteiger partial charge in [0.25, 0.3) is 0 Å². The number of aromatic nitrogens is 4. The fraction of sp³-hybridized carbons (Fsp3) is 0. The van der Waals surface area contributed by atoms with Gasteiger partial charge >= 0.3 is 0 Å². The van der Waals surface area contributed by atoms with Crippen LogP contribution in [0.15, 0.2) is 85.1 Å². The minimum absolute atomic E-state index is 0.763. The molecule has 0 bridgehead atoms. The van der Waals surface area contributed by atoms with Crippen LogP contribution in [0.3, 0.4) is 0 Å². The van der Waals surface area contributed by atoms with Crippen LogP contribution in [0.1, 0.15) is 0 Å². The van der Waals surface area contributed by atoms with Crippen LogP contribution >= 0.6 is 0 Å². The molecule has 0 atom stereocenters. The summed E-state index contributed by atoms with van der Waals surface area (Å²) in [5.74, 6) is 0. The predicted octanol–water partition coefficient (Wildman–Crippen LogP) is 3.82. The van der Waals surface area contributed by atoms with Crippen LogP contribution in [0.2, 0.25) is 0 Å². The van der Waals surface area contributed by atoms with Gasteiger partial charge in [-0.3, -0.25) is 0 Å². The van der Waals surface area contributed by atoms with Crippen molar-refractivity contribution in [1.29, 1.82) is 0 Å². The fourth-order valence-corrected chi connectivity index (χ4v) is 2.17. The highest BCUT2D eigenvalue weighted by Crippen LogP contribution is 2.19. The van der Waals surface area contributed by atoms with E-state index in [-0.39, 0.29) is 0 Å². The third kappa shape index (κ3) is 3.30. The number of benzene rings is 2. The lowest BCUT2D eigenvalue weighted by Crippen LogP contribution is -1.83. The second kappa shape index (κ2) is 7.04. The average molecular weight is 286 g/mol. The lowest BCUT2D eigenvalue weighted by molar-refractivity contribution is 0.802. The van der Waals surface area contributed by atoms with E-state index in [1.807, 2.05) is 54.6 Å². The Morgan fingerprint density at radius 3 is 2.14 bits per heavy atom. The maximum Gasteiger partial charge on any atom is 0.0954 e. The molecule has 0 aliphatic heterocycles. The lowest BCUT2D eigenvalue weighted by Gasteiger charge is -1.97. The van der Waals surface area contributed by atoms with Crippen molar-refractivity contribution in [3.05, 3.63) is 85.1 Å². The molecule has 0 spiro atoms. The molecule has 1 heterocycles. The van der Waals surface area contributed by atoms with Crippen molar-refractivity contribution in [2.24, 2.45) is 0 Å². The van der Waals surface area contributed by atoms with Gasteiger partial charge in [0.05, 0.1) is 11.7 Å². The largest absolute Gasteiger partial charge is 0.137 e. The summed E-state index contributed by atoms with van der Waals surface area (Å²) < 4.78 is 0. The second-order valence-corrected chi connectivity index (χ2v) is 4.58. The van der Waals surface area contributed by atoms with E-state index in [0.29, 0.717) is 0 Å². The van der Waals surface area contributed by atoms with Crippen molar-refractivity contribution in [2.45, 2.75) is 0 Å². The second-order valence-electron chi connectivity index (χ2n) is 4.58. The molecule has 0 amide bonds. The molecule has 0 radical (unpaired) electrons. The van der Waals surface area contributed by atoms with Gasteiger partial charge in [0.15, 0.2) is 0 Å². The molecule has 0 unspecified atom stereocenters. The van der Waals surface area contributed by atoms with Crippen LogP contribution in [0.25, 0.3) is 21.7 Å². The lowest BCUT2D eigenvalue weighted by atomic mass is 10.1. The zero-order chi connectivity index (χ0) is 15.0. The number of hydrogen-bond acceptors (Lipinski definition) is 4. The molecule has 0 fully saturated rings. The van der Waals surface area contributed by atoms with Gasteiger partial charge in [-0.15, -0.1) is 10.2 Å². The van der Waals surface area contributed by atoms with Gasteiger partial charge in [0, 0.05) is 5.39 Å². The summed E-state index contributed by atoms with van der Waals surface area (Å²) in [6.45, 7) is 0. The molecule has 0 N–H and O–H groups in total. The van der Waals surface area contributed by atoms with Crippen LogP contribution in [-0.2, 0) is 0 Å². The normalized spacial score (nSPS) is 9.82. The summed E-state index contributed by atoms with van der Waals surface area (Å²) in [5, 5.41) is 18.6. The third-order valence-electron chi connectivity index (χ3n) is 3.16. The molecule has 3 rings (SSSR count). The van der Waals surface area contributed by atoms with E-state index in [9.17, 15) is 0 Å². The van der Waals surface area contributed by atoms with Crippen molar-refractivity contribution in [3.63, 3.8) is 0 Å². The summed E-state index contributed by atoms with van der Waals surface area (Å²) in [6, 6.07) is 25.7. The van der Waals surface area contributed by atoms with Crippen molar-refractivity contribution < 1.29 is 0 Å². The molecule has 0 aliphatic rings. The molecule has 2 aromatic carbocycles. The van der Waals surface area contributed by atoms with Crippen molar-refractivity contribution in [1.82, 2.24) is 20.6 Å². The Kier molecular flexibility index (Phi) is 4.42. The van der Waals surface area contributed by atoms with E-state index < -0.39 is 0 Å². The third-order valence-corrected chi connectivity index (χ3v) is 3.16. The fourth-order valence-electron chi connectivity index (χ4n) is 2.17. The quantitative estimate of drug-likeness (QED) is 0.630. The van der Waals surface area contributed by atoms with Gasteiger partial charge in [-0.2, -0.15) is 0 Å². The molecule has 3 aromatic rings. The molecule has 0 saturated carbocycles. The van der Waals surface area contributed by atoms with Crippen LogP contribution in [0.4, 0.5) is 0 Å². The van der Waals surface area contributed by atoms with E-state index in [1.54, 1.807) is 12.3 Å². The average Bonchev–Trinajstić information content (AvgIpc) is 2.57. The maximum absolute atomic E-state index is 4.16. The Bertz CT molecular complexity index is 830. The molecule has 106 valence electrons. The first-order valence-corrected chi connectivity index (χ1v) is 6.94. The Morgan fingerprint density at radius 1 is 0.545 bits per heavy atom. The minimum atomic E-state index is 0.763. The Balaban J connectivity index is 2.47. The molecular formula is C18H14N4. The SMILES string of the molecule is c1cccc2ccccc2c2ccccc2nnnncc1. The van der Waals surface area contributed by atoms with Crippen molar-refractivity contribution >= 4 is 21.7 Å². The first-order valence-electron chi connectivity index (χ1n) is 6.94. The topological polar surface area (TPSA) is 51.6 Å². The van der Waals surface area contributed by atoms with Crippen LogP contribution in [0.5, 0.6) is 0 Å². The number of rotatable bonds is 0. The number of hydrogen-bond donors (Lipinski definition) is 0. The Hall–Kier alpha value is -3.14. The van der Waals surface area contributed by atoms with Crippen LogP contribution in [-0.4, -0.2) is 20.6 Å². The summed E-state index contributed by atoms with van der Waals surface area (Å²) in [5.41, 5.74) is 0.763. The Morgan fingerprint density at radius 2 is 1.23 bits per heavy atom. The number of fused-ring (bicyclic) bond motifs is 3. The highest BCUT2D eigenvalue weighted by molar-refractivity contribution is 6.03. The predicted molar refractivity (Wildman–Crippen MR) is 87.9 cm³/mol. The van der Waals surface area contributed by atoms with Gasteiger partial charge in [-0.25, -0.2) is 0 Å². The minimum Gasteiger partial charge on any atom is -0.137 e. The smallest absolute Gasteiger partial charge is 0.0954 e. The van der Waals surface area contributed by atoms with Crippen LogP contribution in [0, 0.1) is 0 Å². The highest BCUT2D eigenvalue weighted by atomic mass is 15.4. The standard InChI is InChI=1S/C18H14N4/c1-2-8-14-19-21-22-20-18-13-7-6-12-17(18)16-11-5-4-10-15(16)9-3-1/h1-14H. The van der Waals surface area contributed by atoms with E-state index in [0.717, 1.165) is 21.7 Å². The van der Waals surface area contributed by atoms with Gasteiger partial charge in [-0.1, -0.05) is 66.7 Å². The molecule has 1 aromatic heterocycles. The van der Waals surface area contributed by atoms with Gasteiger partial charge < -0.3 is 0 Å². The monoisotopic (exact) mass is 286 g/mol. The summed E-state index contributed by atoms with van der Waals surface area (Å²) in [6.07, 6.45) is 1.56. The van der Waals surface area contributed by atoms with Gasteiger partial charge in [-0.05, 0) is 33.3 Å². The first-order chi connectivity index (χ1) is 10.9. The summed E-state index contributed by atoms with van der Waals surface area (Å²) in [4.78, 5) is 0. The molecule has 0 aliphatic carbocycles. The summed E-state index contributed by atoms with van der Waals surface area (Å²) in [7, 11) is 0. The van der Waals surface area contributed by atoms with Crippen LogP contribution < -0.4 is 0 Å².